The van der Waals surface area contributed by atoms with Crippen LogP contribution >= 0.6 is 0 Å². The lowest BCUT2D eigenvalue weighted by Crippen LogP contribution is -2.29. The molecule has 1 heterocycles. The van der Waals surface area contributed by atoms with Crippen molar-refractivity contribution in [3.8, 4) is 0 Å². The predicted octanol–water partition coefficient (Wildman–Crippen LogP) is 1.05. The van der Waals surface area contributed by atoms with E-state index in [-0.39, 0.29) is 4.75 Å². The monoisotopic (exact) mass is 229 g/mol. The summed E-state index contributed by atoms with van der Waals surface area (Å²) in [6.45, 7) is 7.51. The van der Waals surface area contributed by atoms with Gasteiger partial charge in [-0.05, 0) is 20.8 Å². The van der Waals surface area contributed by atoms with Gasteiger partial charge in [-0.25, -0.2) is 4.98 Å². The van der Waals surface area contributed by atoms with Crippen molar-refractivity contribution in [3.63, 3.8) is 0 Å². The second-order valence-electron chi connectivity index (χ2n) is 4.42. The van der Waals surface area contributed by atoms with E-state index in [4.69, 9.17) is 0 Å². The van der Waals surface area contributed by atoms with E-state index in [0.717, 1.165) is 18.8 Å². The molecule has 0 spiro atoms. The van der Waals surface area contributed by atoms with E-state index in [1.807, 2.05) is 20.8 Å². The minimum Gasteiger partial charge on any atom is -0.347 e. The van der Waals surface area contributed by atoms with E-state index in [1.54, 1.807) is 12.5 Å². The smallest absolute Gasteiger partial charge is 0.0922 e. The van der Waals surface area contributed by atoms with Crippen LogP contribution in [0.25, 0.3) is 0 Å². The maximum atomic E-state index is 11.7. The molecule has 15 heavy (non-hydrogen) atoms. The third-order valence-electron chi connectivity index (χ3n) is 2.02. The van der Waals surface area contributed by atoms with Gasteiger partial charge in [0, 0.05) is 46.3 Å². The van der Waals surface area contributed by atoms with E-state index < -0.39 is 10.8 Å². The molecule has 0 aliphatic carbocycles. The third kappa shape index (κ3) is 4.57. The zero-order valence-electron chi connectivity index (χ0n) is 9.54. The summed E-state index contributed by atoms with van der Waals surface area (Å²) in [5.41, 5.74) is 1.05. The van der Waals surface area contributed by atoms with E-state index >= 15 is 0 Å². The fourth-order valence-electron chi connectivity index (χ4n) is 1.08. The van der Waals surface area contributed by atoms with Gasteiger partial charge in [0.1, 0.15) is 0 Å². The van der Waals surface area contributed by atoms with Gasteiger partial charge in [-0.15, -0.1) is 0 Å². The molecule has 86 valence electrons. The first-order chi connectivity index (χ1) is 7.00. The fourth-order valence-corrected chi connectivity index (χ4v) is 2.02. The molecule has 2 N–H and O–H groups in total. The lowest BCUT2D eigenvalue weighted by Gasteiger charge is -2.17. The van der Waals surface area contributed by atoms with Crippen LogP contribution in [0, 0.1) is 0 Å². The van der Waals surface area contributed by atoms with Crippen molar-refractivity contribution < 1.29 is 4.21 Å². The molecule has 0 aliphatic rings. The Morgan fingerprint density at radius 3 is 2.80 bits per heavy atom. The highest BCUT2D eigenvalue weighted by atomic mass is 32.2. The number of H-pyrrole nitrogens is 1. The molecular weight excluding hydrogens is 210 g/mol. The van der Waals surface area contributed by atoms with Crippen LogP contribution < -0.4 is 5.32 Å². The molecule has 0 aromatic carbocycles. The minimum atomic E-state index is -0.774. The SMILES string of the molecule is CC(C)(C)S(=O)CCNCc1cnc[nH]1. The van der Waals surface area contributed by atoms with Crippen molar-refractivity contribution in [1.82, 2.24) is 15.3 Å². The molecule has 0 bridgehead atoms. The lowest BCUT2D eigenvalue weighted by atomic mass is 10.3. The molecule has 1 aromatic rings. The third-order valence-corrected chi connectivity index (χ3v) is 3.96. The fraction of sp³-hybridized carbons (Fsp3) is 0.700. The Labute approximate surface area is 93.3 Å². The van der Waals surface area contributed by atoms with Gasteiger partial charge in [0.05, 0.1) is 6.33 Å². The highest BCUT2D eigenvalue weighted by Gasteiger charge is 2.18. The van der Waals surface area contributed by atoms with Crippen LogP contribution in [-0.2, 0) is 17.3 Å². The topological polar surface area (TPSA) is 57.8 Å². The van der Waals surface area contributed by atoms with Crippen LogP contribution in [-0.4, -0.2) is 31.2 Å². The average molecular weight is 229 g/mol. The standard InChI is InChI=1S/C10H19N3OS/c1-10(2,3)15(14)5-4-11-6-9-7-12-8-13-9/h7-8,11H,4-6H2,1-3H3,(H,12,13). The van der Waals surface area contributed by atoms with Crippen molar-refractivity contribution in [3.05, 3.63) is 18.2 Å². The Morgan fingerprint density at radius 1 is 1.53 bits per heavy atom. The van der Waals surface area contributed by atoms with Gasteiger partial charge in [0.2, 0.25) is 0 Å². The van der Waals surface area contributed by atoms with Gasteiger partial charge in [-0.3, -0.25) is 4.21 Å². The van der Waals surface area contributed by atoms with E-state index in [9.17, 15) is 4.21 Å². The van der Waals surface area contributed by atoms with Gasteiger partial charge in [-0.2, -0.15) is 0 Å². The van der Waals surface area contributed by atoms with E-state index in [0.29, 0.717) is 5.75 Å². The Hall–Kier alpha value is -0.680. The summed E-state index contributed by atoms with van der Waals surface area (Å²) in [5, 5.41) is 3.23. The molecule has 0 fully saturated rings. The normalized spacial score (nSPS) is 14.1. The van der Waals surface area contributed by atoms with Crippen LogP contribution in [0.3, 0.4) is 0 Å². The van der Waals surface area contributed by atoms with Gasteiger partial charge in [0.15, 0.2) is 0 Å². The van der Waals surface area contributed by atoms with Gasteiger partial charge in [0.25, 0.3) is 0 Å². The predicted molar refractivity (Wildman–Crippen MR) is 63.1 cm³/mol. The molecule has 1 atom stereocenters. The number of hydrogen-bond acceptors (Lipinski definition) is 3. The number of aromatic amines is 1. The molecule has 0 radical (unpaired) electrons. The Morgan fingerprint density at radius 2 is 2.27 bits per heavy atom. The molecule has 1 rings (SSSR count). The molecule has 0 amide bonds. The van der Waals surface area contributed by atoms with Crippen LogP contribution in [0.1, 0.15) is 26.5 Å². The van der Waals surface area contributed by atoms with Crippen LogP contribution in [0.15, 0.2) is 12.5 Å². The second kappa shape index (κ2) is 5.42. The molecular formula is C10H19N3OS. The molecule has 5 heteroatoms. The van der Waals surface area contributed by atoms with E-state index in [1.165, 1.54) is 0 Å². The van der Waals surface area contributed by atoms with Crippen LogP contribution in [0.5, 0.6) is 0 Å². The second-order valence-corrected chi connectivity index (χ2v) is 6.74. The number of rotatable bonds is 5. The maximum absolute atomic E-state index is 11.7. The first-order valence-corrected chi connectivity index (χ1v) is 6.38. The number of nitrogens with zero attached hydrogens (tertiary/aromatic N) is 1. The maximum Gasteiger partial charge on any atom is 0.0922 e. The van der Waals surface area contributed by atoms with Crippen LogP contribution in [0.2, 0.25) is 0 Å². The first kappa shape index (κ1) is 12.4. The van der Waals surface area contributed by atoms with Gasteiger partial charge >= 0.3 is 0 Å². The number of hydrogen-bond donors (Lipinski definition) is 2. The summed E-state index contributed by atoms with van der Waals surface area (Å²) in [5.74, 6) is 0.692. The minimum absolute atomic E-state index is 0.115. The highest BCUT2D eigenvalue weighted by molar-refractivity contribution is 7.86. The molecule has 1 aromatic heterocycles. The van der Waals surface area contributed by atoms with Gasteiger partial charge in [-0.1, -0.05) is 0 Å². The summed E-state index contributed by atoms with van der Waals surface area (Å²) in [7, 11) is -0.774. The van der Waals surface area contributed by atoms with Crippen molar-refractivity contribution in [2.45, 2.75) is 32.1 Å². The molecule has 0 saturated carbocycles. The average Bonchev–Trinajstić information content (AvgIpc) is 2.63. The number of aromatic nitrogens is 2. The van der Waals surface area contributed by atoms with Crippen molar-refractivity contribution >= 4 is 10.8 Å². The summed E-state index contributed by atoms with van der Waals surface area (Å²) in [4.78, 5) is 6.93. The number of imidazole rings is 1. The summed E-state index contributed by atoms with van der Waals surface area (Å²) in [6, 6.07) is 0. The Bertz CT molecular complexity index is 303. The van der Waals surface area contributed by atoms with Crippen LogP contribution in [0.4, 0.5) is 0 Å². The van der Waals surface area contributed by atoms with E-state index in [2.05, 4.69) is 15.3 Å². The zero-order chi connectivity index (χ0) is 11.3. The molecule has 0 saturated heterocycles. The summed E-state index contributed by atoms with van der Waals surface area (Å²) < 4.78 is 11.6. The molecule has 0 aliphatic heterocycles. The lowest BCUT2D eigenvalue weighted by molar-refractivity contribution is 0.639. The van der Waals surface area contributed by atoms with Crippen molar-refractivity contribution in [2.75, 3.05) is 12.3 Å². The van der Waals surface area contributed by atoms with Crippen molar-refractivity contribution in [2.24, 2.45) is 0 Å². The van der Waals surface area contributed by atoms with Crippen molar-refractivity contribution in [1.29, 1.82) is 0 Å². The summed E-state index contributed by atoms with van der Waals surface area (Å²) >= 11 is 0. The Kier molecular flexibility index (Phi) is 4.47. The number of nitrogens with one attached hydrogen (secondary N) is 2. The summed E-state index contributed by atoms with van der Waals surface area (Å²) in [6.07, 6.45) is 3.44. The molecule has 4 nitrogen and oxygen atoms in total. The largest absolute Gasteiger partial charge is 0.347 e. The highest BCUT2D eigenvalue weighted by Crippen LogP contribution is 2.10. The van der Waals surface area contributed by atoms with Gasteiger partial charge < -0.3 is 10.3 Å². The molecule has 1 unspecified atom stereocenters. The Balaban J connectivity index is 2.15. The quantitative estimate of drug-likeness (QED) is 0.742. The zero-order valence-corrected chi connectivity index (χ0v) is 10.4. The first-order valence-electron chi connectivity index (χ1n) is 5.06.